The van der Waals surface area contributed by atoms with Crippen molar-refractivity contribution in [2.75, 3.05) is 0 Å². The number of carbonyl (C=O) groups excluding carboxylic acids is 4. The average molecular weight is 671 g/mol. The Morgan fingerprint density at radius 1 is 0.380 bits per heavy atom. The first-order valence-corrected chi connectivity index (χ1v) is 17.1. The third-order valence-electron chi connectivity index (χ3n) is 11.3. The zero-order chi connectivity index (χ0) is 34.6. The van der Waals surface area contributed by atoms with Crippen LogP contribution < -0.4 is 22.2 Å². The molecule has 12 heteroatoms. The van der Waals surface area contributed by atoms with Gasteiger partial charge in [-0.3, -0.25) is 57.3 Å². The van der Waals surface area contributed by atoms with Crippen LogP contribution >= 0.6 is 0 Å². The minimum atomic E-state index is -0.779. The first-order chi connectivity index (χ1) is 24.2. The van der Waals surface area contributed by atoms with Gasteiger partial charge in [0.25, 0.3) is 45.9 Å². The maximum Gasteiger partial charge on any atom is 0.261 e. The Labute approximate surface area is 282 Å². The molecule has 4 aliphatic rings. The van der Waals surface area contributed by atoms with Crippen LogP contribution in [0.4, 0.5) is 0 Å². The summed E-state index contributed by atoms with van der Waals surface area (Å²) < 4.78 is 2.19. The van der Waals surface area contributed by atoms with Gasteiger partial charge in [-0.15, -0.1) is 0 Å². The second kappa shape index (κ2) is 10.9. The fraction of sp³-hybridized carbons (Fsp3) is 0.316. The Hall–Kier alpha value is -5.78. The van der Waals surface area contributed by atoms with Crippen molar-refractivity contribution in [1.82, 2.24) is 18.9 Å². The van der Waals surface area contributed by atoms with E-state index in [9.17, 15) is 38.4 Å². The number of amides is 4. The van der Waals surface area contributed by atoms with Gasteiger partial charge in [-0.05, 0) is 62.1 Å². The summed E-state index contributed by atoms with van der Waals surface area (Å²) in [4.78, 5) is 112. The van der Waals surface area contributed by atoms with Crippen molar-refractivity contribution in [2.24, 2.45) is 0 Å². The molecule has 0 N–H and O–H groups in total. The molecular formula is C38H30N4O8. The lowest BCUT2D eigenvalue weighted by Crippen LogP contribution is -2.49. The standard InChI is InChI=1S/C38H30N4O8/c43-31-19-9-1-2-10-20(19)32(44)39(31)27-13-5-7-15-29(27)41-35(47)23-17-25-26(18-24(23)36(41)48)38(50)42(37(25)49)30-16-8-6-14-28(30)40-33(45)21-11-3-4-12-22(21)34(40)46/h1-4,9-12,17-18,27-30H,5-8,13-16H2/t27-,28-,29-,30-/m1/s1. The van der Waals surface area contributed by atoms with Gasteiger partial charge in [-0.25, -0.2) is 0 Å². The molecule has 4 heterocycles. The summed E-state index contributed by atoms with van der Waals surface area (Å²) in [6.07, 6.45) is 4.36. The molecule has 2 aliphatic heterocycles. The maximum absolute atomic E-state index is 14.1. The van der Waals surface area contributed by atoms with Crippen LogP contribution in [0.15, 0.2) is 79.8 Å². The molecule has 2 fully saturated rings. The molecule has 3 aromatic carbocycles. The Morgan fingerprint density at radius 3 is 0.920 bits per heavy atom. The molecule has 4 amide bonds. The number of benzene rings is 3. The topological polar surface area (TPSA) is 153 Å². The summed E-state index contributed by atoms with van der Waals surface area (Å²) in [7, 11) is 0. The smallest absolute Gasteiger partial charge is 0.261 e. The fourth-order valence-electron chi connectivity index (χ4n) is 9.02. The molecule has 2 aromatic heterocycles. The summed E-state index contributed by atoms with van der Waals surface area (Å²) in [5.41, 5.74) is -1.47. The lowest BCUT2D eigenvalue weighted by atomic mass is 9.89. The normalized spacial score (nSPS) is 23.8. The third kappa shape index (κ3) is 3.98. The number of hydrogen-bond acceptors (Lipinski definition) is 8. The Morgan fingerprint density at radius 2 is 0.640 bits per heavy atom. The van der Waals surface area contributed by atoms with Crippen LogP contribution in [0.25, 0.3) is 21.5 Å². The minimum Gasteiger partial charge on any atom is -0.269 e. The average Bonchev–Trinajstić information content (AvgIpc) is 3.74. The van der Waals surface area contributed by atoms with Crippen molar-refractivity contribution < 1.29 is 19.2 Å². The number of aromatic nitrogens is 2. The highest BCUT2D eigenvalue weighted by Crippen LogP contribution is 2.38. The van der Waals surface area contributed by atoms with E-state index in [2.05, 4.69) is 0 Å². The van der Waals surface area contributed by atoms with Gasteiger partial charge in [0.2, 0.25) is 0 Å². The summed E-state index contributed by atoms with van der Waals surface area (Å²) >= 11 is 0. The van der Waals surface area contributed by atoms with Gasteiger partial charge in [-0.1, -0.05) is 49.9 Å². The Kier molecular flexibility index (Phi) is 6.58. The molecule has 12 nitrogen and oxygen atoms in total. The molecular weight excluding hydrogens is 640 g/mol. The molecule has 250 valence electrons. The summed E-state index contributed by atoms with van der Waals surface area (Å²) in [5, 5.41) is -0.0964. The lowest BCUT2D eigenvalue weighted by Gasteiger charge is -2.36. The quantitative estimate of drug-likeness (QED) is 0.264. The van der Waals surface area contributed by atoms with Gasteiger partial charge in [0.05, 0.1) is 68.0 Å². The van der Waals surface area contributed by atoms with Gasteiger partial charge < -0.3 is 0 Å². The molecule has 50 heavy (non-hydrogen) atoms. The van der Waals surface area contributed by atoms with Crippen molar-refractivity contribution in [3.8, 4) is 0 Å². The van der Waals surface area contributed by atoms with Crippen LogP contribution in [0.5, 0.6) is 0 Å². The van der Waals surface area contributed by atoms with E-state index in [4.69, 9.17) is 0 Å². The molecule has 0 radical (unpaired) electrons. The molecule has 5 aromatic rings. The molecule has 0 bridgehead atoms. The van der Waals surface area contributed by atoms with Gasteiger partial charge in [0.15, 0.2) is 0 Å². The SMILES string of the molecule is O=C1c2ccccc2C(=O)N1[C@@H]1CCCC[C@H]1n1c(=O)c2cc3c(=O)n([C@@H]4CCCC[C@H]4N4C(=O)c5ccccc5C4=O)c(=O)c3cc2c1=O. The maximum atomic E-state index is 14.1. The van der Waals surface area contributed by atoms with Crippen molar-refractivity contribution in [2.45, 2.75) is 75.5 Å². The van der Waals surface area contributed by atoms with Crippen molar-refractivity contribution >= 4 is 45.2 Å². The van der Waals surface area contributed by atoms with Crippen LogP contribution in [-0.2, 0) is 0 Å². The van der Waals surface area contributed by atoms with Gasteiger partial charge in [0.1, 0.15) is 0 Å². The number of imide groups is 2. The van der Waals surface area contributed by atoms with E-state index in [1.54, 1.807) is 48.5 Å². The minimum absolute atomic E-state index is 0.0241. The van der Waals surface area contributed by atoms with Crippen LogP contribution in [-0.4, -0.2) is 54.6 Å². The lowest BCUT2D eigenvalue weighted by molar-refractivity contribution is 0.0463. The highest BCUT2D eigenvalue weighted by atomic mass is 16.2. The van der Waals surface area contributed by atoms with Crippen molar-refractivity contribution in [1.29, 1.82) is 0 Å². The predicted octanol–water partition coefficient (Wildman–Crippen LogP) is 3.47. The largest absolute Gasteiger partial charge is 0.269 e. The van der Waals surface area contributed by atoms with Crippen molar-refractivity contribution in [3.63, 3.8) is 0 Å². The number of rotatable bonds is 4. The van der Waals surface area contributed by atoms with E-state index in [0.717, 1.165) is 9.13 Å². The second-order valence-electron chi connectivity index (χ2n) is 13.8. The van der Waals surface area contributed by atoms with E-state index in [-0.39, 0.29) is 43.8 Å². The molecule has 0 saturated heterocycles. The molecule has 2 saturated carbocycles. The number of hydrogen-bond donors (Lipinski definition) is 0. The predicted molar refractivity (Wildman–Crippen MR) is 181 cm³/mol. The van der Waals surface area contributed by atoms with E-state index < -0.39 is 70.0 Å². The molecule has 4 atom stereocenters. The number of nitrogens with zero attached hydrogens (tertiary/aromatic N) is 4. The summed E-state index contributed by atoms with van der Waals surface area (Å²) in [6, 6.07) is 12.6. The van der Waals surface area contributed by atoms with Gasteiger partial charge in [0, 0.05) is 0 Å². The zero-order valence-electron chi connectivity index (χ0n) is 26.8. The number of fused-ring (bicyclic) bond motifs is 4. The van der Waals surface area contributed by atoms with E-state index in [1.165, 1.54) is 21.9 Å². The summed E-state index contributed by atoms with van der Waals surface area (Å²) in [5.74, 6) is -1.85. The highest BCUT2D eigenvalue weighted by molar-refractivity contribution is 6.22. The van der Waals surface area contributed by atoms with Crippen LogP contribution in [0.2, 0.25) is 0 Å². The summed E-state index contributed by atoms with van der Waals surface area (Å²) in [6.45, 7) is 0. The van der Waals surface area contributed by atoms with Crippen LogP contribution in [0.3, 0.4) is 0 Å². The Balaban J connectivity index is 1.13. The van der Waals surface area contributed by atoms with Crippen LogP contribution in [0.1, 0.15) is 105 Å². The first-order valence-electron chi connectivity index (χ1n) is 17.1. The third-order valence-corrected chi connectivity index (χ3v) is 11.3. The first kappa shape index (κ1) is 30.3. The zero-order valence-corrected chi connectivity index (χ0v) is 26.8. The van der Waals surface area contributed by atoms with Gasteiger partial charge >= 0.3 is 0 Å². The van der Waals surface area contributed by atoms with Crippen LogP contribution in [0, 0.1) is 0 Å². The van der Waals surface area contributed by atoms with E-state index in [1.807, 2.05) is 0 Å². The number of carbonyl (C=O) groups is 4. The Bertz CT molecular complexity index is 2250. The van der Waals surface area contributed by atoms with Gasteiger partial charge in [-0.2, -0.15) is 0 Å². The highest BCUT2D eigenvalue weighted by Gasteiger charge is 2.46. The molecule has 0 unspecified atom stereocenters. The fourth-order valence-corrected chi connectivity index (χ4v) is 9.02. The van der Waals surface area contributed by atoms with Crippen molar-refractivity contribution in [3.05, 3.63) is 124 Å². The molecule has 0 spiro atoms. The van der Waals surface area contributed by atoms with E-state index >= 15 is 0 Å². The monoisotopic (exact) mass is 670 g/mol. The molecule has 2 aliphatic carbocycles. The van der Waals surface area contributed by atoms with E-state index in [0.29, 0.717) is 51.4 Å². The molecule has 9 rings (SSSR count). The second-order valence-corrected chi connectivity index (χ2v) is 13.8.